The third-order valence-electron chi connectivity index (χ3n) is 5.69. The molecule has 0 bridgehead atoms. The van der Waals surface area contributed by atoms with Gasteiger partial charge in [0.25, 0.3) is 0 Å². The van der Waals surface area contributed by atoms with Crippen molar-refractivity contribution < 1.29 is 13.6 Å². The highest BCUT2D eigenvalue weighted by Crippen LogP contribution is 2.37. The summed E-state index contributed by atoms with van der Waals surface area (Å²) >= 11 is 0. The van der Waals surface area contributed by atoms with Crippen LogP contribution in [-0.2, 0) is 4.79 Å². The number of carbonyl (C=O) groups is 1. The van der Waals surface area contributed by atoms with Crippen LogP contribution in [0.1, 0.15) is 57.6 Å². The number of rotatable bonds is 3. The zero-order chi connectivity index (χ0) is 21.3. The van der Waals surface area contributed by atoms with Crippen LogP contribution in [0.4, 0.5) is 20.2 Å². The molecule has 1 aliphatic carbocycles. The summed E-state index contributed by atoms with van der Waals surface area (Å²) in [5.74, 6) is -1.30. The van der Waals surface area contributed by atoms with Crippen LogP contribution < -0.4 is 10.2 Å². The Labute approximate surface area is 172 Å². The molecule has 5 heteroatoms. The van der Waals surface area contributed by atoms with Crippen LogP contribution >= 0.6 is 0 Å². The molecule has 0 spiro atoms. The number of allylic oxidation sites excluding steroid dienone is 3. The standard InChI is InChI=1S/C24H32F2N2O/c1-15-9-19(10-16(2)23(15)27-22(29)13-24(3,4)5)28-8-6-7-17-11-20(25)21(26)12-18(17)14-28/h9-11,18H,6-8,12-14H2,1-5H3,(H,27,29). The molecule has 1 unspecified atom stereocenters. The van der Waals surface area contributed by atoms with Gasteiger partial charge in [-0.25, -0.2) is 8.78 Å². The van der Waals surface area contributed by atoms with Crippen LogP contribution in [0.5, 0.6) is 0 Å². The predicted octanol–water partition coefficient (Wildman–Crippen LogP) is 6.38. The van der Waals surface area contributed by atoms with E-state index in [-0.39, 0.29) is 23.7 Å². The lowest BCUT2D eigenvalue weighted by molar-refractivity contribution is -0.117. The molecular formula is C24H32F2N2O. The summed E-state index contributed by atoms with van der Waals surface area (Å²) in [5.41, 5.74) is 4.93. The van der Waals surface area contributed by atoms with Crippen LogP contribution in [-0.4, -0.2) is 19.0 Å². The van der Waals surface area contributed by atoms with E-state index in [2.05, 4.69) is 22.3 Å². The van der Waals surface area contributed by atoms with Gasteiger partial charge in [0.15, 0.2) is 5.83 Å². The van der Waals surface area contributed by atoms with Crippen molar-refractivity contribution in [3.8, 4) is 0 Å². The number of halogens is 2. The highest BCUT2D eigenvalue weighted by atomic mass is 19.2. The molecule has 1 aromatic carbocycles. The number of fused-ring (bicyclic) bond motifs is 1. The molecule has 1 aromatic rings. The zero-order valence-corrected chi connectivity index (χ0v) is 18.2. The molecule has 0 aromatic heterocycles. The van der Waals surface area contributed by atoms with Gasteiger partial charge < -0.3 is 10.2 Å². The third kappa shape index (κ3) is 5.26. The lowest BCUT2D eigenvalue weighted by Crippen LogP contribution is -2.29. The second kappa shape index (κ2) is 8.29. The summed E-state index contributed by atoms with van der Waals surface area (Å²) in [5, 5.41) is 3.07. The first-order valence-electron chi connectivity index (χ1n) is 10.4. The Kier molecular flexibility index (Phi) is 6.16. The minimum absolute atomic E-state index is 0.0174. The van der Waals surface area contributed by atoms with Crippen LogP contribution in [0.15, 0.2) is 35.4 Å². The Bertz CT molecular complexity index is 841. The van der Waals surface area contributed by atoms with Crippen LogP contribution in [0.2, 0.25) is 0 Å². The number of nitrogens with one attached hydrogen (secondary N) is 1. The Balaban J connectivity index is 1.78. The van der Waals surface area contributed by atoms with Gasteiger partial charge in [0.1, 0.15) is 5.83 Å². The first-order valence-corrected chi connectivity index (χ1v) is 10.4. The van der Waals surface area contributed by atoms with Crippen LogP contribution in [0, 0.1) is 25.2 Å². The highest BCUT2D eigenvalue weighted by molar-refractivity contribution is 5.93. The third-order valence-corrected chi connectivity index (χ3v) is 5.69. The van der Waals surface area contributed by atoms with Crippen molar-refractivity contribution in [2.24, 2.45) is 11.3 Å². The topological polar surface area (TPSA) is 32.3 Å². The van der Waals surface area contributed by atoms with E-state index >= 15 is 0 Å². The first kappa shape index (κ1) is 21.5. The fourth-order valence-electron chi connectivity index (χ4n) is 4.31. The molecule has 3 nitrogen and oxygen atoms in total. The van der Waals surface area contributed by atoms with Crippen LogP contribution in [0.3, 0.4) is 0 Å². The van der Waals surface area contributed by atoms with E-state index in [4.69, 9.17) is 0 Å². The molecule has 158 valence electrons. The minimum atomic E-state index is -0.702. The van der Waals surface area contributed by atoms with Gasteiger partial charge >= 0.3 is 0 Å². The normalized spacial score (nSPS) is 20.2. The van der Waals surface area contributed by atoms with Gasteiger partial charge in [0, 0.05) is 43.2 Å². The SMILES string of the molecule is Cc1cc(N2CCCC3=CC(F)=C(F)CC3C2)cc(C)c1NC(=O)CC(C)(C)C. The fraction of sp³-hybridized carbons (Fsp3) is 0.542. The number of carbonyl (C=O) groups excluding carboxylic acids is 1. The molecule has 1 N–H and O–H groups in total. The molecule has 29 heavy (non-hydrogen) atoms. The predicted molar refractivity (Wildman–Crippen MR) is 115 cm³/mol. The Morgan fingerprint density at radius 3 is 2.48 bits per heavy atom. The molecular weight excluding hydrogens is 370 g/mol. The van der Waals surface area contributed by atoms with E-state index in [0.717, 1.165) is 47.5 Å². The second-order valence-corrected chi connectivity index (χ2v) is 9.66. The second-order valence-electron chi connectivity index (χ2n) is 9.66. The lowest BCUT2D eigenvalue weighted by atomic mass is 9.88. The van der Waals surface area contributed by atoms with Crippen LogP contribution in [0.25, 0.3) is 0 Å². The molecule has 0 radical (unpaired) electrons. The molecule has 1 saturated heterocycles. The summed E-state index contributed by atoms with van der Waals surface area (Å²) in [6.45, 7) is 11.7. The van der Waals surface area contributed by atoms with E-state index < -0.39 is 11.7 Å². The monoisotopic (exact) mass is 402 g/mol. The molecule has 3 rings (SSSR count). The van der Waals surface area contributed by atoms with Gasteiger partial charge in [-0.05, 0) is 61.4 Å². The summed E-state index contributed by atoms with van der Waals surface area (Å²) in [7, 11) is 0. The number of benzene rings is 1. The van der Waals surface area contributed by atoms with Crippen molar-refractivity contribution in [3.63, 3.8) is 0 Å². The van der Waals surface area contributed by atoms with Crippen molar-refractivity contribution in [2.45, 2.75) is 60.3 Å². The summed E-state index contributed by atoms with van der Waals surface area (Å²) in [4.78, 5) is 14.6. The molecule has 1 aliphatic heterocycles. The maximum Gasteiger partial charge on any atom is 0.224 e. The maximum absolute atomic E-state index is 13.8. The van der Waals surface area contributed by atoms with Gasteiger partial charge in [-0.15, -0.1) is 0 Å². The number of anilines is 2. The van der Waals surface area contributed by atoms with E-state index in [1.807, 2.05) is 34.6 Å². The molecule has 1 atom stereocenters. The van der Waals surface area contributed by atoms with Gasteiger partial charge in [-0.2, -0.15) is 0 Å². The molecule has 1 fully saturated rings. The molecule has 1 amide bonds. The number of hydrogen-bond acceptors (Lipinski definition) is 2. The Morgan fingerprint density at radius 2 is 1.86 bits per heavy atom. The Hall–Kier alpha value is -2.17. The Morgan fingerprint density at radius 1 is 1.21 bits per heavy atom. The zero-order valence-electron chi connectivity index (χ0n) is 18.2. The van der Waals surface area contributed by atoms with Crippen molar-refractivity contribution in [1.29, 1.82) is 0 Å². The van der Waals surface area contributed by atoms with E-state index in [0.29, 0.717) is 13.0 Å². The summed E-state index contributed by atoms with van der Waals surface area (Å²) < 4.78 is 27.5. The average molecular weight is 403 g/mol. The highest BCUT2D eigenvalue weighted by Gasteiger charge is 2.28. The number of nitrogens with zero attached hydrogens (tertiary/aromatic N) is 1. The largest absolute Gasteiger partial charge is 0.371 e. The van der Waals surface area contributed by atoms with Crippen molar-refractivity contribution in [2.75, 3.05) is 23.3 Å². The first-order chi connectivity index (χ1) is 13.5. The molecule has 1 heterocycles. The number of aryl methyl sites for hydroxylation is 2. The van der Waals surface area contributed by atoms with Crippen molar-refractivity contribution in [3.05, 3.63) is 46.6 Å². The van der Waals surface area contributed by atoms with E-state index in [9.17, 15) is 13.6 Å². The minimum Gasteiger partial charge on any atom is -0.371 e. The number of amides is 1. The smallest absolute Gasteiger partial charge is 0.224 e. The van der Waals surface area contributed by atoms with E-state index in [1.54, 1.807) is 0 Å². The van der Waals surface area contributed by atoms with Crippen molar-refractivity contribution >= 4 is 17.3 Å². The number of hydrogen-bond donors (Lipinski definition) is 1. The maximum atomic E-state index is 13.8. The van der Waals surface area contributed by atoms with Crippen molar-refractivity contribution in [1.82, 2.24) is 0 Å². The molecule has 2 aliphatic rings. The van der Waals surface area contributed by atoms with Gasteiger partial charge in [0.05, 0.1) is 0 Å². The van der Waals surface area contributed by atoms with Gasteiger partial charge in [-0.1, -0.05) is 26.3 Å². The van der Waals surface area contributed by atoms with E-state index in [1.165, 1.54) is 6.08 Å². The summed E-state index contributed by atoms with van der Waals surface area (Å²) in [6, 6.07) is 4.17. The van der Waals surface area contributed by atoms with Gasteiger partial charge in [0.2, 0.25) is 5.91 Å². The quantitative estimate of drug-likeness (QED) is 0.637. The van der Waals surface area contributed by atoms with Gasteiger partial charge in [-0.3, -0.25) is 4.79 Å². The summed E-state index contributed by atoms with van der Waals surface area (Å²) in [6.07, 6.45) is 3.73. The lowest BCUT2D eigenvalue weighted by Gasteiger charge is -2.29. The fourth-order valence-corrected chi connectivity index (χ4v) is 4.31. The molecule has 0 saturated carbocycles. The average Bonchev–Trinajstić information content (AvgIpc) is 2.79.